The maximum atomic E-state index is 12.7. The van der Waals surface area contributed by atoms with Crippen LogP contribution in [0.4, 0.5) is 5.69 Å². The van der Waals surface area contributed by atoms with E-state index >= 15 is 0 Å². The molecule has 28 heavy (non-hydrogen) atoms. The number of imidazole rings is 1. The molecule has 3 aromatic rings. The van der Waals surface area contributed by atoms with Crippen molar-refractivity contribution < 1.29 is 4.79 Å². The summed E-state index contributed by atoms with van der Waals surface area (Å²) < 4.78 is 0. The lowest BCUT2D eigenvalue weighted by molar-refractivity contribution is -0.123. The third-order valence-corrected chi connectivity index (χ3v) is 6.11. The van der Waals surface area contributed by atoms with Gasteiger partial charge in [0, 0.05) is 36.7 Å². The molecule has 1 amide bonds. The van der Waals surface area contributed by atoms with Gasteiger partial charge in [-0.05, 0) is 50.5 Å². The summed E-state index contributed by atoms with van der Waals surface area (Å²) >= 11 is 0. The number of hydrogen-bond donors (Lipinski definition) is 2. The van der Waals surface area contributed by atoms with Gasteiger partial charge >= 0.3 is 0 Å². The summed E-state index contributed by atoms with van der Waals surface area (Å²) in [5.41, 5.74) is 5.43. The van der Waals surface area contributed by atoms with Gasteiger partial charge in [-0.3, -0.25) is 9.78 Å². The van der Waals surface area contributed by atoms with Crippen LogP contribution in [0.1, 0.15) is 35.8 Å². The van der Waals surface area contributed by atoms with Crippen LogP contribution in [0.15, 0.2) is 36.5 Å². The van der Waals surface area contributed by atoms with Gasteiger partial charge in [0.25, 0.3) is 0 Å². The van der Waals surface area contributed by atoms with Crippen LogP contribution in [0, 0.1) is 19.8 Å². The number of aromatic nitrogens is 3. The van der Waals surface area contributed by atoms with Gasteiger partial charge in [-0.25, -0.2) is 4.98 Å². The highest BCUT2D eigenvalue weighted by molar-refractivity contribution is 5.83. The predicted molar refractivity (Wildman–Crippen MR) is 109 cm³/mol. The predicted octanol–water partition coefficient (Wildman–Crippen LogP) is 3.07. The molecular weight excluding hydrogens is 350 g/mol. The Bertz CT molecular complexity index is 1010. The van der Waals surface area contributed by atoms with Gasteiger partial charge in [0.1, 0.15) is 5.82 Å². The lowest BCUT2D eigenvalue weighted by Crippen LogP contribution is -2.38. The summed E-state index contributed by atoms with van der Waals surface area (Å²) in [6.45, 7) is 5.91. The topological polar surface area (TPSA) is 73.9 Å². The average molecular weight is 375 g/mol. The fraction of sp³-hybridized carbons (Fsp3) is 0.409. The molecule has 1 saturated carbocycles. The summed E-state index contributed by atoms with van der Waals surface area (Å²) in [7, 11) is 0. The first kappa shape index (κ1) is 17.2. The Morgan fingerprint density at radius 2 is 2.14 bits per heavy atom. The second kappa shape index (κ2) is 6.62. The molecule has 2 fully saturated rings. The lowest BCUT2D eigenvalue weighted by Gasteiger charge is -2.19. The number of hydrogen-bond acceptors (Lipinski definition) is 4. The van der Waals surface area contributed by atoms with Crippen LogP contribution in [-0.4, -0.2) is 40.0 Å². The number of nitrogens with one attached hydrogen (secondary N) is 2. The number of rotatable bonds is 4. The van der Waals surface area contributed by atoms with Crippen molar-refractivity contribution in [3.05, 3.63) is 53.6 Å². The number of nitrogens with zero attached hydrogens (tertiary/aromatic N) is 3. The number of amides is 1. The normalized spacial score (nSPS) is 23.9. The van der Waals surface area contributed by atoms with Gasteiger partial charge in [0.05, 0.1) is 22.9 Å². The number of carbonyl (C=O) groups is 1. The molecule has 2 aromatic heterocycles. The maximum Gasteiger partial charge on any atom is 0.224 e. The zero-order valence-electron chi connectivity index (χ0n) is 16.3. The van der Waals surface area contributed by atoms with Gasteiger partial charge in [-0.1, -0.05) is 12.1 Å². The van der Waals surface area contributed by atoms with Crippen molar-refractivity contribution in [3.8, 4) is 0 Å². The molecule has 1 aromatic carbocycles. The van der Waals surface area contributed by atoms with Crippen LogP contribution in [0.25, 0.3) is 11.0 Å². The van der Waals surface area contributed by atoms with Gasteiger partial charge in [-0.15, -0.1) is 0 Å². The minimum absolute atomic E-state index is 0.0397. The molecule has 1 aliphatic carbocycles. The van der Waals surface area contributed by atoms with Crippen LogP contribution in [0.2, 0.25) is 0 Å². The monoisotopic (exact) mass is 375 g/mol. The van der Waals surface area contributed by atoms with Crippen molar-refractivity contribution in [2.45, 2.75) is 38.6 Å². The molecule has 1 saturated heterocycles. The largest absolute Gasteiger partial charge is 0.368 e. The third kappa shape index (κ3) is 3.13. The van der Waals surface area contributed by atoms with E-state index in [-0.39, 0.29) is 23.8 Å². The first-order valence-electron chi connectivity index (χ1n) is 10.0. The summed E-state index contributed by atoms with van der Waals surface area (Å²) in [6.07, 6.45) is 3.79. The first-order chi connectivity index (χ1) is 13.6. The molecule has 0 radical (unpaired) electrons. The summed E-state index contributed by atoms with van der Waals surface area (Å²) in [5.74, 6) is 1.36. The molecule has 2 aliphatic rings. The molecular formula is C22H25N5O. The molecule has 6 nitrogen and oxygen atoms in total. The Balaban J connectivity index is 1.19. The van der Waals surface area contributed by atoms with Gasteiger partial charge < -0.3 is 15.2 Å². The second-order valence-corrected chi connectivity index (χ2v) is 8.12. The number of anilines is 1. The van der Waals surface area contributed by atoms with E-state index in [0.717, 1.165) is 54.2 Å². The van der Waals surface area contributed by atoms with Crippen LogP contribution in [0.3, 0.4) is 0 Å². The van der Waals surface area contributed by atoms with Crippen molar-refractivity contribution in [2.24, 2.45) is 5.92 Å². The quantitative estimate of drug-likeness (QED) is 0.735. The van der Waals surface area contributed by atoms with E-state index in [1.807, 2.05) is 37.4 Å². The number of carbonyl (C=O) groups excluding carboxylic acids is 1. The molecule has 0 spiro atoms. The van der Waals surface area contributed by atoms with E-state index in [4.69, 9.17) is 0 Å². The number of para-hydroxylation sites is 2. The molecule has 2 N–H and O–H groups in total. The molecule has 1 aliphatic heterocycles. The van der Waals surface area contributed by atoms with Crippen molar-refractivity contribution >= 4 is 22.6 Å². The van der Waals surface area contributed by atoms with E-state index in [0.29, 0.717) is 0 Å². The Labute approximate surface area is 164 Å². The Morgan fingerprint density at radius 3 is 2.96 bits per heavy atom. The van der Waals surface area contributed by atoms with E-state index in [2.05, 4.69) is 38.2 Å². The molecule has 3 atom stereocenters. The van der Waals surface area contributed by atoms with Gasteiger partial charge in [0.2, 0.25) is 5.91 Å². The number of pyridine rings is 1. The molecule has 0 unspecified atom stereocenters. The first-order valence-corrected chi connectivity index (χ1v) is 10.0. The fourth-order valence-corrected chi connectivity index (χ4v) is 4.16. The van der Waals surface area contributed by atoms with Gasteiger partial charge in [-0.2, -0.15) is 0 Å². The molecule has 3 heterocycles. The molecule has 0 bridgehead atoms. The van der Waals surface area contributed by atoms with E-state index in [1.54, 1.807) is 0 Å². The zero-order chi connectivity index (χ0) is 19.3. The minimum atomic E-state index is 0.0397. The van der Waals surface area contributed by atoms with Crippen molar-refractivity contribution in [1.82, 2.24) is 20.3 Å². The van der Waals surface area contributed by atoms with Crippen molar-refractivity contribution in [3.63, 3.8) is 0 Å². The SMILES string of the molecule is Cc1cc(N2CC[C@@H](NC(=O)[C@H]3C[C@@H]3c3nc4ccccc4[nH]3)C2)cnc1C. The highest BCUT2D eigenvalue weighted by Gasteiger charge is 2.46. The van der Waals surface area contributed by atoms with Crippen LogP contribution in [0.5, 0.6) is 0 Å². The highest BCUT2D eigenvalue weighted by atomic mass is 16.2. The van der Waals surface area contributed by atoms with Crippen LogP contribution in [-0.2, 0) is 4.79 Å². The van der Waals surface area contributed by atoms with E-state index in [1.165, 1.54) is 5.56 Å². The summed E-state index contributed by atoms with van der Waals surface area (Å²) in [4.78, 5) is 27.5. The fourth-order valence-electron chi connectivity index (χ4n) is 4.16. The summed E-state index contributed by atoms with van der Waals surface area (Å²) in [5, 5.41) is 3.26. The average Bonchev–Trinajstić information content (AvgIpc) is 3.16. The van der Waals surface area contributed by atoms with E-state index in [9.17, 15) is 4.79 Å². The van der Waals surface area contributed by atoms with Crippen LogP contribution < -0.4 is 10.2 Å². The number of fused-ring (bicyclic) bond motifs is 1. The second-order valence-electron chi connectivity index (χ2n) is 8.12. The van der Waals surface area contributed by atoms with Crippen molar-refractivity contribution in [1.29, 1.82) is 0 Å². The Kier molecular flexibility index (Phi) is 4.07. The maximum absolute atomic E-state index is 12.7. The number of aryl methyl sites for hydroxylation is 2. The lowest BCUT2D eigenvalue weighted by atomic mass is 10.2. The van der Waals surface area contributed by atoms with Gasteiger partial charge in [0.15, 0.2) is 0 Å². The van der Waals surface area contributed by atoms with Crippen molar-refractivity contribution in [2.75, 3.05) is 18.0 Å². The molecule has 6 heteroatoms. The number of H-pyrrole nitrogens is 1. The molecule has 144 valence electrons. The number of aromatic amines is 1. The smallest absolute Gasteiger partial charge is 0.224 e. The summed E-state index contributed by atoms with van der Waals surface area (Å²) in [6, 6.07) is 10.4. The van der Waals surface area contributed by atoms with E-state index < -0.39 is 0 Å². The Morgan fingerprint density at radius 1 is 1.29 bits per heavy atom. The molecule has 5 rings (SSSR count). The Hall–Kier alpha value is -2.89. The highest BCUT2D eigenvalue weighted by Crippen LogP contribution is 2.46. The minimum Gasteiger partial charge on any atom is -0.368 e. The number of benzene rings is 1. The zero-order valence-corrected chi connectivity index (χ0v) is 16.3. The standard InChI is InChI=1S/C22H25N5O/c1-13-9-16(11-23-14(13)2)27-8-7-15(12-27)24-22(28)18-10-17(18)21-25-19-5-3-4-6-20(19)26-21/h3-6,9,11,15,17-18H,7-8,10,12H2,1-2H3,(H,24,28)(H,25,26)/t15-,17+,18+/m1/s1. The third-order valence-electron chi connectivity index (χ3n) is 6.11. The van der Waals surface area contributed by atoms with Crippen LogP contribution >= 0.6 is 0 Å².